The maximum absolute atomic E-state index is 11.4. The molecule has 0 amide bonds. The summed E-state index contributed by atoms with van der Waals surface area (Å²) in [5.41, 5.74) is 0. The fourth-order valence-electron chi connectivity index (χ4n) is 2.44. The summed E-state index contributed by atoms with van der Waals surface area (Å²) in [7, 11) is 0. The van der Waals surface area contributed by atoms with Gasteiger partial charge >= 0.3 is 5.97 Å². The third kappa shape index (κ3) is 10.9. The zero-order valence-electron chi connectivity index (χ0n) is 14.5. The first-order chi connectivity index (χ1) is 10.7. The van der Waals surface area contributed by atoms with Crippen LogP contribution in [-0.2, 0) is 9.53 Å². The van der Waals surface area contributed by atoms with Gasteiger partial charge in [-0.1, -0.05) is 64.7 Å². The zero-order chi connectivity index (χ0) is 16.6. The van der Waals surface area contributed by atoms with Crippen LogP contribution in [-0.4, -0.2) is 11.7 Å². The molecule has 1 aliphatic heterocycles. The van der Waals surface area contributed by atoms with Crippen molar-refractivity contribution in [2.24, 2.45) is 5.92 Å². The van der Waals surface area contributed by atoms with Crippen LogP contribution in [0.25, 0.3) is 0 Å². The molecule has 1 rings (SSSR count). The van der Waals surface area contributed by atoms with Gasteiger partial charge in [-0.15, -0.1) is 0 Å². The lowest BCUT2D eigenvalue weighted by Crippen LogP contribution is -2.05. The Bertz CT molecular complexity index is 323. The van der Waals surface area contributed by atoms with E-state index < -0.39 is 0 Å². The second-order valence-corrected chi connectivity index (χ2v) is 6.00. The molecule has 2 nitrogen and oxygen atoms in total. The number of carbonyl (C=O) groups is 1. The fraction of sp³-hybridized carbons (Fsp3) is 0.737. The lowest BCUT2D eigenvalue weighted by atomic mass is 10.0. The van der Waals surface area contributed by atoms with Crippen LogP contribution < -0.4 is 0 Å². The Morgan fingerprint density at radius 2 is 1.68 bits per heavy atom. The van der Waals surface area contributed by atoms with E-state index in [1.165, 1.54) is 44.9 Å². The number of carbonyl (C=O) groups excluding carboxylic acids is 1. The minimum atomic E-state index is -0.110. The van der Waals surface area contributed by atoms with Crippen molar-refractivity contribution in [2.75, 3.05) is 5.75 Å². The predicted octanol–water partition coefficient (Wildman–Crippen LogP) is 6.09. The molecule has 1 heterocycles. The minimum Gasteiger partial charge on any atom is -0.431 e. The molecule has 1 fully saturated rings. The third-order valence-electron chi connectivity index (χ3n) is 3.67. The molecule has 1 unspecified atom stereocenters. The summed E-state index contributed by atoms with van der Waals surface area (Å²) < 4.78 is 4.95. The van der Waals surface area contributed by atoms with Crippen molar-refractivity contribution >= 4 is 18.6 Å². The van der Waals surface area contributed by atoms with Crippen LogP contribution in [0.15, 0.2) is 24.5 Å². The number of ether oxygens (including phenoxy) is 1. The molecule has 1 saturated heterocycles. The summed E-state index contributed by atoms with van der Waals surface area (Å²) in [6.07, 6.45) is 16.1. The molecule has 0 aromatic carbocycles. The first kappa shape index (κ1) is 21.3. The molecule has 1 atom stereocenters. The van der Waals surface area contributed by atoms with Gasteiger partial charge in [0, 0.05) is 6.42 Å². The van der Waals surface area contributed by atoms with Gasteiger partial charge in [-0.3, -0.25) is 4.79 Å². The maximum atomic E-state index is 11.4. The summed E-state index contributed by atoms with van der Waals surface area (Å²) in [6, 6.07) is 0. The normalized spacial score (nSPS) is 17.5. The Labute approximate surface area is 142 Å². The van der Waals surface area contributed by atoms with Gasteiger partial charge in [-0.25, -0.2) is 0 Å². The monoisotopic (exact) mass is 326 g/mol. The van der Waals surface area contributed by atoms with Crippen LogP contribution in [0.5, 0.6) is 0 Å². The summed E-state index contributed by atoms with van der Waals surface area (Å²) in [6.45, 7) is 7.69. The first-order valence-electron chi connectivity index (χ1n) is 8.89. The lowest BCUT2D eigenvalue weighted by molar-refractivity contribution is -0.138. The largest absolute Gasteiger partial charge is 0.431 e. The van der Waals surface area contributed by atoms with Crippen molar-refractivity contribution in [3.8, 4) is 0 Å². The van der Waals surface area contributed by atoms with Crippen LogP contribution in [0.2, 0.25) is 0 Å². The van der Waals surface area contributed by atoms with Gasteiger partial charge in [-0.05, 0) is 31.4 Å². The number of thiol groups is 1. The Morgan fingerprint density at radius 3 is 2.23 bits per heavy atom. The second-order valence-electron chi connectivity index (χ2n) is 5.56. The highest BCUT2D eigenvalue weighted by molar-refractivity contribution is 7.80. The van der Waals surface area contributed by atoms with E-state index in [-0.39, 0.29) is 11.9 Å². The van der Waals surface area contributed by atoms with Crippen molar-refractivity contribution in [3.63, 3.8) is 0 Å². The molecule has 0 aliphatic carbocycles. The molecule has 0 bridgehead atoms. The van der Waals surface area contributed by atoms with Gasteiger partial charge in [0.1, 0.15) is 5.76 Å². The van der Waals surface area contributed by atoms with Crippen molar-refractivity contribution in [2.45, 2.75) is 78.1 Å². The molecule has 0 aromatic heterocycles. The van der Waals surface area contributed by atoms with Gasteiger partial charge in [-0.2, -0.15) is 12.6 Å². The van der Waals surface area contributed by atoms with Crippen LogP contribution >= 0.6 is 12.6 Å². The molecule has 3 heteroatoms. The molecule has 0 N–H and O–H groups in total. The van der Waals surface area contributed by atoms with Crippen LogP contribution in [0, 0.1) is 5.92 Å². The molecule has 1 aliphatic rings. The number of hydrogen-bond acceptors (Lipinski definition) is 3. The zero-order valence-corrected chi connectivity index (χ0v) is 15.4. The van der Waals surface area contributed by atoms with E-state index in [4.69, 9.17) is 4.74 Å². The van der Waals surface area contributed by atoms with E-state index in [1.807, 2.05) is 13.8 Å². The van der Waals surface area contributed by atoms with E-state index in [0.29, 0.717) is 12.2 Å². The number of unbranched alkanes of at least 4 members (excludes halogenated alkanes) is 7. The van der Waals surface area contributed by atoms with E-state index in [2.05, 4.69) is 31.4 Å². The predicted molar refractivity (Wildman–Crippen MR) is 99.2 cm³/mol. The number of cyclic esters (lactones) is 1. The smallest absolute Gasteiger partial charge is 0.314 e. The van der Waals surface area contributed by atoms with Crippen molar-refractivity contribution in [1.82, 2.24) is 0 Å². The Kier molecular flexibility index (Phi) is 14.7. The summed E-state index contributed by atoms with van der Waals surface area (Å²) >= 11 is 4.21. The Balaban J connectivity index is 0.00000211. The molecular weight excluding hydrogens is 292 g/mol. The van der Waals surface area contributed by atoms with Crippen LogP contribution in [0.3, 0.4) is 0 Å². The second kappa shape index (κ2) is 15.2. The molecule has 0 radical (unpaired) electrons. The van der Waals surface area contributed by atoms with Gasteiger partial charge < -0.3 is 4.74 Å². The van der Waals surface area contributed by atoms with E-state index in [1.54, 1.807) is 0 Å². The average Bonchev–Trinajstić information content (AvgIpc) is 2.85. The van der Waals surface area contributed by atoms with Crippen molar-refractivity contribution in [3.05, 3.63) is 24.5 Å². The standard InChI is InChI=1S/C17H28O2S.C2H6/c1-15-14-16(17(18)19-15)12-10-8-6-4-2-3-5-7-9-11-13-20;1-2/h8,10,16,20H,1-7,9,11-14H2;1-2H3/b10-8+;. The van der Waals surface area contributed by atoms with Crippen molar-refractivity contribution < 1.29 is 9.53 Å². The van der Waals surface area contributed by atoms with Gasteiger partial charge in [0.05, 0.1) is 5.92 Å². The highest BCUT2D eigenvalue weighted by Gasteiger charge is 2.28. The fourth-order valence-corrected chi connectivity index (χ4v) is 2.66. The molecule has 128 valence electrons. The SMILES string of the molecule is C=C1CC(C/C=C/CCCCCCCCCS)C(=O)O1.CC. The molecule has 0 aromatic rings. The summed E-state index contributed by atoms with van der Waals surface area (Å²) in [5, 5.41) is 0. The Hall–Kier alpha value is -0.700. The summed E-state index contributed by atoms with van der Waals surface area (Å²) in [4.78, 5) is 11.4. The third-order valence-corrected chi connectivity index (χ3v) is 3.98. The Morgan fingerprint density at radius 1 is 1.09 bits per heavy atom. The summed E-state index contributed by atoms with van der Waals surface area (Å²) in [5.74, 6) is 1.53. The highest BCUT2D eigenvalue weighted by atomic mass is 32.1. The number of rotatable bonds is 11. The van der Waals surface area contributed by atoms with E-state index in [0.717, 1.165) is 18.6 Å². The minimum absolute atomic E-state index is 0.00517. The van der Waals surface area contributed by atoms with Crippen molar-refractivity contribution in [1.29, 1.82) is 0 Å². The number of allylic oxidation sites excluding steroid dienone is 3. The van der Waals surface area contributed by atoms with Gasteiger partial charge in [0.2, 0.25) is 0 Å². The van der Waals surface area contributed by atoms with Gasteiger partial charge in [0.25, 0.3) is 0 Å². The highest BCUT2D eigenvalue weighted by Crippen LogP contribution is 2.25. The quantitative estimate of drug-likeness (QED) is 0.215. The molecular formula is C19H34O2S. The maximum Gasteiger partial charge on any atom is 0.314 e. The van der Waals surface area contributed by atoms with Gasteiger partial charge in [0.15, 0.2) is 0 Å². The number of esters is 1. The van der Waals surface area contributed by atoms with E-state index >= 15 is 0 Å². The first-order valence-corrected chi connectivity index (χ1v) is 9.52. The number of hydrogen-bond donors (Lipinski definition) is 1. The van der Waals surface area contributed by atoms with Crippen LogP contribution in [0.1, 0.15) is 78.1 Å². The van der Waals surface area contributed by atoms with Crippen LogP contribution in [0.4, 0.5) is 0 Å². The average molecular weight is 327 g/mol. The topological polar surface area (TPSA) is 26.3 Å². The van der Waals surface area contributed by atoms with E-state index in [9.17, 15) is 4.79 Å². The molecule has 0 spiro atoms. The molecule has 0 saturated carbocycles. The lowest BCUT2D eigenvalue weighted by Gasteiger charge is -2.00. The molecule has 22 heavy (non-hydrogen) atoms.